The zero-order valence-electron chi connectivity index (χ0n) is 23.6. The van der Waals surface area contributed by atoms with E-state index in [1.165, 1.54) is 55.6 Å². The Morgan fingerprint density at radius 3 is 1.63 bits per heavy atom. The van der Waals surface area contributed by atoms with Crippen LogP contribution in [-0.2, 0) is 37.4 Å². The second kappa shape index (κ2) is 12.0. The lowest BCUT2D eigenvalue weighted by atomic mass is 9.91. The van der Waals surface area contributed by atoms with E-state index in [1.54, 1.807) is 6.07 Å². The van der Waals surface area contributed by atoms with Crippen molar-refractivity contribution in [3.63, 3.8) is 0 Å². The van der Waals surface area contributed by atoms with Crippen LogP contribution in [0.25, 0.3) is 0 Å². The number of aliphatic hydroxyl groups excluding tert-OH is 1. The molecule has 198 valence electrons. The first-order valence-electron chi connectivity index (χ1n) is 13.4. The summed E-state index contributed by atoms with van der Waals surface area (Å²) >= 11 is 0. The number of benzene rings is 4. The SMILES string of the molecule is Cc1cc(C)c(Cc2ccccc2O)cc1COCc1cc(Cc2ccc(C)c(CO)c2C)c(C)cc1C. The molecule has 0 aliphatic carbocycles. The van der Waals surface area contributed by atoms with E-state index in [-0.39, 0.29) is 6.61 Å². The van der Waals surface area contributed by atoms with Gasteiger partial charge in [-0.1, -0.05) is 54.6 Å². The van der Waals surface area contributed by atoms with Crippen LogP contribution in [0.1, 0.15) is 72.3 Å². The molecule has 0 spiro atoms. The van der Waals surface area contributed by atoms with E-state index < -0.39 is 0 Å². The second-order valence-corrected chi connectivity index (χ2v) is 10.7. The first-order chi connectivity index (χ1) is 18.2. The van der Waals surface area contributed by atoms with Gasteiger partial charge < -0.3 is 14.9 Å². The highest BCUT2D eigenvalue weighted by Crippen LogP contribution is 2.27. The molecule has 0 bridgehead atoms. The number of phenolic OH excluding ortho intramolecular Hbond substituents is 1. The fourth-order valence-electron chi connectivity index (χ4n) is 5.31. The van der Waals surface area contributed by atoms with Crippen molar-refractivity contribution >= 4 is 0 Å². The summed E-state index contributed by atoms with van der Waals surface area (Å²) in [7, 11) is 0. The molecular formula is C35H40O3. The van der Waals surface area contributed by atoms with E-state index in [2.05, 4.69) is 77.9 Å². The summed E-state index contributed by atoms with van der Waals surface area (Å²) in [6.45, 7) is 13.9. The first kappa shape index (κ1) is 27.6. The normalized spacial score (nSPS) is 11.2. The van der Waals surface area contributed by atoms with Crippen molar-refractivity contribution in [2.75, 3.05) is 0 Å². The highest BCUT2D eigenvalue weighted by atomic mass is 16.5. The number of phenols is 1. The van der Waals surface area contributed by atoms with Crippen LogP contribution in [0.2, 0.25) is 0 Å². The predicted molar refractivity (Wildman–Crippen MR) is 156 cm³/mol. The molecule has 0 saturated heterocycles. The lowest BCUT2D eigenvalue weighted by molar-refractivity contribution is 0.106. The molecule has 2 N–H and O–H groups in total. The molecule has 38 heavy (non-hydrogen) atoms. The number of aliphatic hydroxyl groups is 1. The summed E-state index contributed by atoms with van der Waals surface area (Å²) in [6.07, 6.45) is 1.54. The van der Waals surface area contributed by atoms with Gasteiger partial charge in [-0.3, -0.25) is 0 Å². The summed E-state index contributed by atoms with van der Waals surface area (Å²) in [5.41, 5.74) is 15.4. The van der Waals surface area contributed by atoms with E-state index >= 15 is 0 Å². The first-order valence-corrected chi connectivity index (χ1v) is 13.4. The van der Waals surface area contributed by atoms with Crippen molar-refractivity contribution in [2.45, 2.75) is 74.2 Å². The van der Waals surface area contributed by atoms with E-state index in [4.69, 9.17) is 4.74 Å². The Morgan fingerprint density at radius 1 is 0.553 bits per heavy atom. The number of aromatic hydroxyl groups is 1. The number of aryl methyl sites for hydroxylation is 5. The average molecular weight is 509 g/mol. The standard InChI is InChI=1S/C35H40O3/c1-22-11-12-28(27(6)34(22)19-36)15-30-17-32(25(4)13-23(30)2)20-38-21-33-18-31(24(3)14-26(33)5)16-29-9-7-8-10-35(29)37/h7-14,17-18,36-37H,15-16,19-21H2,1-6H3. The number of rotatable bonds is 9. The minimum atomic E-state index is 0.0735. The van der Waals surface area contributed by atoms with Crippen LogP contribution in [0.5, 0.6) is 5.75 Å². The molecule has 0 amide bonds. The minimum Gasteiger partial charge on any atom is -0.508 e. The molecule has 0 saturated carbocycles. The Bertz CT molecular complexity index is 1450. The quantitative estimate of drug-likeness (QED) is 0.244. The van der Waals surface area contributed by atoms with Crippen molar-refractivity contribution in [3.05, 3.63) is 133 Å². The summed E-state index contributed by atoms with van der Waals surface area (Å²) in [6, 6.07) is 20.8. The Morgan fingerprint density at radius 2 is 1.08 bits per heavy atom. The summed E-state index contributed by atoms with van der Waals surface area (Å²) < 4.78 is 6.27. The highest BCUT2D eigenvalue weighted by Gasteiger charge is 2.12. The van der Waals surface area contributed by atoms with Crippen molar-refractivity contribution in [1.29, 1.82) is 0 Å². The van der Waals surface area contributed by atoms with Gasteiger partial charge in [0.2, 0.25) is 0 Å². The van der Waals surface area contributed by atoms with Gasteiger partial charge in [0.1, 0.15) is 5.75 Å². The maximum absolute atomic E-state index is 10.2. The minimum absolute atomic E-state index is 0.0735. The molecule has 0 aliphatic rings. The average Bonchev–Trinajstić information content (AvgIpc) is 2.87. The Balaban J connectivity index is 1.49. The Kier molecular flexibility index (Phi) is 8.71. The van der Waals surface area contributed by atoms with Crippen LogP contribution in [0.3, 0.4) is 0 Å². The van der Waals surface area contributed by atoms with E-state index in [0.717, 1.165) is 23.1 Å². The van der Waals surface area contributed by atoms with Gasteiger partial charge in [-0.05, 0) is 126 Å². The molecule has 3 heteroatoms. The zero-order chi connectivity index (χ0) is 27.4. The van der Waals surface area contributed by atoms with Gasteiger partial charge in [0.25, 0.3) is 0 Å². The lowest BCUT2D eigenvalue weighted by Gasteiger charge is -2.17. The van der Waals surface area contributed by atoms with Crippen molar-refractivity contribution in [1.82, 2.24) is 0 Å². The van der Waals surface area contributed by atoms with Crippen LogP contribution in [0, 0.1) is 41.5 Å². The van der Waals surface area contributed by atoms with Gasteiger partial charge >= 0.3 is 0 Å². The molecular weight excluding hydrogens is 468 g/mol. The molecule has 0 radical (unpaired) electrons. The summed E-state index contributed by atoms with van der Waals surface area (Å²) in [4.78, 5) is 0. The van der Waals surface area contributed by atoms with Gasteiger partial charge in [-0.25, -0.2) is 0 Å². The van der Waals surface area contributed by atoms with E-state index in [0.29, 0.717) is 25.4 Å². The monoisotopic (exact) mass is 508 g/mol. The highest BCUT2D eigenvalue weighted by molar-refractivity contribution is 5.45. The maximum Gasteiger partial charge on any atom is 0.119 e. The zero-order valence-corrected chi connectivity index (χ0v) is 23.6. The Hall–Kier alpha value is -3.40. The van der Waals surface area contributed by atoms with Crippen molar-refractivity contribution in [2.24, 2.45) is 0 Å². The lowest BCUT2D eigenvalue weighted by Crippen LogP contribution is -2.04. The number of ether oxygens (including phenoxy) is 1. The molecule has 4 aromatic rings. The molecule has 4 aromatic carbocycles. The second-order valence-electron chi connectivity index (χ2n) is 10.7. The fraction of sp³-hybridized carbons (Fsp3) is 0.314. The molecule has 0 aromatic heterocycles. The molecule has 0 aliphatic heterocycles. The maximum atomic E-state index is 10.2. The smallest absolute Gasteiger partial charge is 0.119 e. The van der Waals surface area contributed by atoms with Gasteiger partial charge in [-0.15, -0.1) is 0 Å². The van der Waals surface area contributed by atoms with Crippen LogP contribution in [0.4, 0.5) is 0 Å². The van der Waals surface area contributed by atoms with Crippen molar-refractivity contribution < 1.29 is 14.9 Å². The van der Waals surface area contributed by atoms with Gasteiger partial charge in [0, 0.05) is 6.42 Å². The number of hydrogen-bond acceptors (Lipinski definition) is 3. The van der Waals surface area contributed by atoms with E-state index in [9.17, 15) is 10.2 Å². The molecule has 0 heterocycles. The van der Waals surface area contributed by atoms with E-state index in [1.807, 2.05) is 18.2 Å². The molecule has 0 unspecified atom stereocenters. The number of hydrogen-bond donors (Lipinski definition) is 2. The number of para-hydroxylation sites is 1. The van der Waals surface area contributed by atoms with Gasteiger partial charge in [0.05, 0.1) is 19.8 Å². The van der Waals surface area contributed by atoms with Crippen LogP contribution >= 0.6 is 0 Å². The fourth-order valence-corrected chi connectivity index (χ4v) is 5.31. The molecule has 3 nitrogen and oxygen atoms in total. The van der Waals surface area contributed by atoms with Crippen molar-refractivity contribution in [3.8, 4) is 5.75 Å². The van der Waals surface area contributed by atoms with Crippen LogP contribution < -0.4 is 0 Å². The topological polar surface area (TPSA) is 49.7 Å². The van der Waals surface area contributed by atoms with Crippen LogP contribution in [0.15, 0.2) is 60.7 Å². The van der Waals surface area contributed by atoms with Crippen LogP contribution in [-0.4, -0.2) is 10.2 Å². The third-order valence-electron chi connectivity index (χ3n) is 7.96. The third-order valence-corrected chi connectivity index (χ3v) is 7.96. The predicted octanol–water partition coefficient (Wildman–Crippen LogP) is 7.63. The molecule has 4 rings (SSSR count). The third kappa shape index (κ3) is 6.18. The summed E-state index contributed by atoms with van der Waals surface area (Å²) in [5, 5.41) is 20.1. The molecule has 0 atom stereocenters. The largest absolute Gasteiger partial charge is 0.508 e. The Labute approximate surface area is 227 Å². The summed E-state index contributed by atoms with van der Waals surface area (Å²) in [5.74, 6) is 0.337. The molecule has 0 fully saturated rings. The van der Waals surface area contributed by atoms with Gasteiger partial charge in [0.15, 0.2) is 0 Å². The van der Waals surface area contributed by atoms with Gasteiger partial charge in [-0.2, -0.15) is 0 Å².